The largest absolute Gasteiger partial charge is 0.867 e. The number of hydrogen-bond acceptors (Lipinski definition) is 2. The van der Waals surface area contributed by atoms with Gasteiger partial charge in [0.25, 0.3) is 34.5 Å². The Kier molecular flexibility index (Phi) is 11.5. The van der Waals surface area contributed by atoms with Crippen LogP contribution in [-0.2, 0) is 0 Å². The standard InChI is InChI=1S/2C18H15O.BFO2/c2*1-4-10-16(11-5-1)19(17-12-6-2-7-13-17)18-14-8-3-9-15-18;2-1(3)4/h2*1-15H;/q2*+1;-2. The van der Waals surface area contributed by atoms with E-state index in [-0.39, 0.29) is 0 Å². The zero-order valence-electron chi connectivity index (χ0n) is 22.9. The zero-order chi connectivity index (χ0) is 29.4. The van der Waals surface area contributed by atoms with E-state index in [0.29, 0.717) is 0 Å². The summed E-state index contributed by atoms with van der Waals surface area (Å²) in [6.07, 6.45) is 0. The van der Waals surface area contributed by atoms with Crippen LogP contribution in [0.25, 0.3) is 0 Å². The predicted molar refractivity (Wildman–Crippen MR) is 165 cm³/mol. The number of para-hydroxylation sites is 6. The van der Waals surface area contributed by atoms with Crippen molar-refractivity contribution in [1.82, 2.24) is 0 Å². The van der Waals surface area contributed by atoms with E-state index in [0.717, 1.165) is 34.5 Å². The van der Waals surface area contributed by atoms with Crippen LogP contribution in [0.4, 0.5) is 4.32 Å². The van der Waals surface area contributed by atoms with Crippen molar-refractivity contribution in [2.75, 3.05) is 0 Å². The third kappa shape index (κ3) is 8.93. The SMILES string of the molecule is [O-]B([O-])F.c1ccc([O+](c2ccccc2)c2ccccc2)cc1.c1ccc([O+](c2ccccc2)c2ccccc2)cc1. The van der Waals surface area contributed by atoms with Crippen molar-refractivity contribution in [1.29, 1.82) is 0 Å². The molecule has 42 heavy (non-hydrogen) atoms. The molecule has 4 nitrogen and oxygen atoms in total. The van der Waals surface area contributed by atoms with Crippen molar-refractivity contribution in [3.05, 3.63) is 182 Å². The quantitative estimate of drug-likeness (QED) is 0.153. The lowest BCUT2D eigenvalue weighted by molar-refractivity contribution is -0.366. The van der Waals surface area contributed by atoms with Gasteiger partial charge in [-0.2, -0.15) is 0 Å². The van der Waals surface area contributed by atoms with E-state index in [9.17, 15) is 4.32 Å². The first kappa shape index (κ1) is 29.8. The van der Waals surface area contributed by atoms with Gasteiger partial charge in [-0.15, -0.1) is 0 Å². The van der Waals surface area contributed by atoms with Crippen LogP contribution in [0.2, 0.25) is 0 Å². The number of halogens is 1. The summed E-state index contributed by atoms with van der Waals surface area (Å²) in [5, 5.41) is 16.6. The first-order chi connectivity index (χ1) is 20.6. The Balaban J connectivity index is 0.000000171. The molecule has 0 atom stereocenters. The van der Waals surface area contributed by atoms with Gasteiger partial charge in [-0.3, -0.25) is 0 Å². The molecule has 0 saturated heterocycles. The van der Waals surface area contributed by atoms with Gasteiger partial charge in [0, 0.05) is 72.8 Å². The Morgan fingerprint density at radius 1 is 0.310 bits per heavy atom. The van der Waals surface area contributed by atoms with E-state index < -0.39 is 7.40 Å². The summed E-state index contributed by atoms with van der Waals surface area (Å²) in [5.74, 6) is 6.50. The Hall–Kier alpha value is -5.17. The lowest BCUT2D eigenvalue weighted by Crippen LogP contribution is -2.39. The van der Waals surface area contributed by atoms with Crippen LogP contribution in [-0.4, -0.2) is 7.40 Å². The van der Waals surface area contributed by atoms with E-state index >= 15 is 0 Å². The van der Waals surface area contributed by atoms with Crippen LogP contribution in [0, 0.1) is 0 Å². The Bertz CT molecular complexity index is 1230. The molecule has 0 unspecified atom stereocenters. The first-order valence-electron chi connectivity index (χ1n) is 13.4. The molecule has 208 valence electrons. The summed E-state index contributed by atoms with van der Waals surface area (Å²) in [6, 6.07) is 61.7. The van der Waals surface area contributed by atoms with Crippen LogP contribution in [0.15, 0.2) is 182 Å². The van der Waals surface area contributed by atoms with E-state index in [4.69, 9.17) is 10.0 Å². The minimum atomic E-state index is -3.17. The maximum atomic E-state index is 9.89. The van der Waals surface area contributed by atoms with Gasteiger partial charge >= 0.3 is 0 Å². The third-order valence-corrected chi connectivity index (χ3v) is 5.87. The summed E-state index contributed by atoms with van der Waals surface area (Å²) < 4.78 is 16.3. The van der Waals surface area contributed by atoms with Crippen molar-refractivity contribution >= 4 is 7.40 Å². The van der Waals surface area contributed by atoms with Crippen molar-refractivity contribution in [3.63, 3.8) is 0 Å². The molecule has 6 heteroatoms. The molecular formula is C36H30BFO4. The second-order valence-corrected chi connectivity index (χ2v) is 8.77. The molecule has 0 aliphatic carbocycles. The molecule has 0 amide bonds. The molecule has 0 heterocycles. The summed E-state index contributed by atoms with van der Waals surface area (Å²) in [5.41, 5.74) is 0. The maximum absolute atomic E-state index is 9.89. The molecule has 0 radical (unpaired) electrons. The molecule has 0 aliphatic rings. The fourth-order valence-corrected chi connectivity index (χ4v) is 4.16. The van der Waals surface area contributed by atoms with E-state index in [1.165, 1.54) is 0 Å². The van der Waals surface area contributed by atoms with Gasteiger partial charge in [0.05, 0.1) is 0 Å². The number of benzene rings is 6. The second kappa shape index (κ2) is 16.2. The van der Waals surface area contributed by atoms with Crippen molar-refractivity contribution in [3.8, 4) is 34.5 Å². The lowest BCUT2D eigenvalue weighted by Gasteiger charge is -2.21. The van der Waals surface area contributed by atoms with E-state index in [1.54, 1.807) is 0 Å². The zero-order valence-corrected chi connectivity index (χ0v) is 22.9. The van der Waals surface area contributed by atoms with Crippen LogP contribution in [0.5, 0.6) is 34.5 Å². The number of rotatable bonds is 6. The predicted octanol–water partition coefficient (Wildman–Crippen LogP) is 8.52. The highest BCUT2D eigenvalue weighted by Crippen LogP contribution is 2.39. The average Bonchev–Trinajstić information content (AvgIpc) is 3.05. The third-order valence-electron chi connectivity index (χ3n) is 5.87. The van der Waals surface area contributed by atoms with Gasteiger partial charge in [-0.1, -0.05) is 109 Å². The molecule has 0 saturated carbocycles. The topological polar surface area (TPSA) is 51.5 Å². The maximum Gasteiger partial charge on any atom is 0.267 e. The molecule has 0 aliphatic heterocycles. The molecule has 0 aromatic heterocycles. The summed E-state index contributed by atoms with van der Waals surface area (Å²) in [7, 11) is -3.17. The van der Waals surface area contributed by atoms with Gasteiger partial charge in [0.2, 0.25) is 0 Å². The van der Waals surface area contributed by atoms with Gasteiger partial charge < -0.3 is 23.1 Å². The first-order valence-corrected chi connectivity index (χ1v) is 13.4. The van der Waals surface area contributed by atoms with Crippen molar-refractivity contribution < 1.29 is 23.1 Å². The van der Waals surface area contributed by atoms with Gasteiger partial charge in [0.1, 0.15) is 7.40 Å². The molecule has 0 N–H and O–H groups in total. The van der Waals surface area contributed by atoms with E-state index in [2.05, 4.69) is 81.5 Å². The van der Waals surface area contributed by atoms with Crippen molar-refractivity contribution in [2.45, 2.75) is 0 Å². The van der Waals surface area contributed by atoms with Crippen LogP contribution >= 0.6 is 0 Å². The average molecular weight is 556 g/mol. The monoisotopic (exact) mass is 556 g/mol. The minimum Gasteiger partial charge on any atom is -0.867 e. The highest BCUT2D eigenvalue weighted by atomic mass is 19.1. The second-order valence-electron chi connectivity index (χ2n) is 8.77. The molecule has 0 spiro atoms. The molecule has 6 aromatic carbocycles. The van der Waals surface area contributed by atoms with E-state index in [1.807, 2.05) is 109 Å². The lowest BCUT2D eigenvalue weighted by atomic mass is 10.3. The van der Waals surface area contributed by atoms with Crippen LogP contribution in [0.1, 0.15) is 0 Å². The smallest absolute Gasteiger partial charge is 0.267 e. The summed E-state index contributed by atoms with van der Waals surface area (Å²) in [4.78, 5) is 0. The van der Waals surface area contributed by atoms with Crippen LogP contribution < -0.4 is 18.8 Å². The highest BCUT2D eigenvalue weighted by Gasteiger charge is 2.19. The molecule has 0 fully saturated rings. The summed E-state index contributed by atoms with van der Waals surface area (Å²) >= 11 is 0. The van der Waals surface area contributed by atoms with Crippen molar-refractivity contribution in [2.24, 2.45) is 0 Å². The Labute approximate surface area is 246 Å². The molecule has 0 bridgehead atoms. The summed E-state index contributed by atoms with van der Waals surface area (Å²) in [6.45, 7) is 0. The van der Waals surface area contributed by atoms with Gasteiger partial charge in [0.15, 0.2) is 0 Å². The normalized spacial score (nSPS) is 9.79. The Morgan fingerprint density at radius 2 is 0.429 bits per heavy atom. The minimum absolute atomic E-state index is 1.08. The molecule has 6 rings (SSSR count). The fraction of sp³-hybridized carbons (Fsp3) is 0. The fourth-order valence-electron chi connectivity index (χ4n) is 4.16. The number of hydrogen-bond donors (Lipinski definition) is 0. The van der Waals surface area contributed by atoms with Gasteiger partial charge in [-0.05, 0) is 0 Å². The van der Waals surface area contributed by atoms with Gasteiger partial charge in [-0.25, -0.2) is 0 Å². The molecular weight excluding hydrogens is 526 g/mol. The Morgan fingerprint density at radius 3 is 0.548 bits per heavy atom. The van der Waals surface area contributed by atoms with Crippen LogP contribution in [0.3, 0.4) is 0 Å². The molecule has 6 aromatic rings. The highest BCUT2D eigenvalue weighted by molar-refractivity contribution is 6.27.